The van der Waals surface area contributed by atoms with Crippen LogP contribution < -0.4 is 4.87 Å². The number of hydrogen-bond donors (Lipinski definition) is 0. The average Bonchev–Trinajstić information content (AvgIpc) is 2.78. The number of thiazole rings is 1. The topological polar surface area (TPSA) is 42.3 Å². The maximum absolute atomic E-state index is 12.1. The van der Waals surface area contributed by atoms with Gasteiger partial charge in [0.05, 0.1) is 0 Å². The molecule has 0 N–H and O–H groups in total. The van der Waals surface area contributed by atoms with Crippen LogP contribution >= 0.6 is 22.9 Å². The van der Waals surface area contributed by atoms with Crippen LogP contribution in [0.5, 0.6) is 0 Å². The van der Waals surface area contributed by atoms with E-state index in [4.69, 9.17) is 11.6 Å². The zero-order chi connectivity index (χ0) is 15.4. The Morgan fingerprint density at radius 2 is 2.10 bits per heavy atom. The highest BCUT2D eigenvalue weighted by Crippen LogP contribution is 2.16. The van der Waals surface area contributed by atoms with Gasteiger partial charge in [-0.3, -0.25) is 9.59 Å². The van der Waals surface area contributed by atoms with Gasteiger partial charge in [-0.2, -0.15) is 0 Å². The van der Waals surface area contributed by atoms with E-state index in [0.717, 1.165) is 22.6 Å². The molecule has 0 radical (unpaired) electrons. The molecule has 0 atom stereocenters. The molecule has 1 heterocycles. The fourth-order valence-electron chi connectivity index (χ4n) is 2.04. The van der Waals surface area contributed by atoms with E-state index < -0.39 is 0 Å². The molecule has 0 aliphatic carbocycles. The molecule has 1 amide bonds. The maximum atomic E-state index is 12.1. The first-order valence-electron chi connectivity index (χ1n) is 6.61. The van der Waals surface area contributed by atoms with Gasteiger partial charge in [0.15, 0.2) is 0 Å². The fraction of sp³-hybridized carbons (Fsp3) is 0.333. The summed E-state index contributed by atoms with van der Waals surface area (Å²) in [6.45, 7) is 2.76. The minimum atomic E-state index is -0.0194. The van der Waals surface area contributed by atoms with Gasteiger partial charge in [0.25, 0.3) is 0 Å². The van der Waals surface area contributed by atoms with Gasteiger partial charge in [0.2, 0.25) is 5.91 Å². The van der Waals surface area contributed by atoms with E-state index in [1.165, 1.54) is 0 Å². The van der Waals surface area contributed by atoms with Crippen molar-refractivity contribution in [1.82, 2.24) is 9.47 Å². The van der Waals surface area contributed by atoms with Gasteiger partial charge in [-0.15, -0.1) is 0 Å². The van der Waals surface area contributed by atoms with Crippen molar-refractivity contribution in [2.75, 3.05) is 7.05 Å². The van der Waals surface area contributed by atoms with Crippen molar-refractivity contribution >= 4 is 28.8 Å². The Morgan fingerprint density at radius 1 is 1.38 bits per heavy atom. The molecule has 6 heteroatoms. The Morgan fingerprint density at radius 3 is 2.71 bits per heavy atom. The minimum absolute atomic E-state index is 0.00702. The van der Waals surface area contributed by atoms with E-state index in [0.29, 0.717) is 24.5 Å². The molecule has 0 spiro atoms. The third kappa shape index (κ3) is 3.95. The summed E-state index contributed by atoms with van der Waals surface area (Å²) in [5.74, 6) is -0.00702. The molecule has 21 heavy (non-hydrogen) atoms. The highest BCUT2D eigenvalue weighted by atomic mass is 35.5. The van der Waals surface area contributed by atoms with Gasteiger partial charge in [0.1, 0.15) is 0 Å². The molecule has 1 aromatic heterocycles. The molecule has 2 rings (SSSR count). The van der Waals surface area contributed by atoms with E-state index in [9.17, 15) is 9.59 Å². The Kier molecular flexibility index (Phi) is 5.20. The van der Waals surface area contributed by atoms with Crippen LogP contribution in [0, 0.1) is 6.92 Å². The average molecular weight is 325 g/mol. The van der Waals surface area contributed by atoms with Crippen molar-refractivity contribution in [2.45, 2.75) is 26.4 Å². The first-order valence-corrected chi connectivity index (χ1v) is 7.87. The smallest absolute Gasteiger partial charge is 0.307 e. The number of hydrogen-bond acceptors (Lipinski definition) is 3. The number of carbonyl (C=O) groups excluding carboxylic acids is 1. The highest BCUT2D eigenvalue weighted by molar-refractivity contribution is 7.07. The van der Waals surface area contributed by atoms with Crippen molar-refractivity contribution in [3.05, 3.63) is 55.6 Å². The summed E-state index contributed by atoms with van der Waals surface area (Å²) in [6, 6.07) is 7.47. The summed E-state index contributed by atoms with van der Waals surface area (Å²) < 4.78 is 1.63. The summed E-state index contributed by atoms with van der Waals surface area (Å²) in [6.07, 6.45) is 0.304. The number of carbonyl (C=O) groups is 1. The second-order valence-electron chi connectivity index (χ2n) is 4.89. The molecule has 0 aliphatic rings. The summed E-state index contributed by atoms with van der Waals surface area (Å²) in [5.41, 5.74) is 1.81. The third-order valence-corrected chi connectivity index (χ3v) is 4.57. The third-order valence-electron chi connectivity index (χ3n) is 3.32. The summed E-state index contributed by atoms with van der Waals surface area (Å²) in [7, 11) is 1.74. The number of rotatable bonds is 5. The molecule has 2 aromatic rings. The molecule has 0 saturated carbocycles. The van der Waals surface area contributed by atoms with Crippen LogP contribution in [-0.2, 0) is 17.9 Å². The SMILES string of the molecule is Cc1csc(=O)n1CCC(=O)N(C)Cc1ccccc1Cl. The minimum Gasteiger partial charge on any atom is -0.341 e. The Balaban J connectivity index is 1.94. The van der Waals surface area contributed by atoms with Crippen molar-refractivity contribution in [1.29, 1.82) is 0 Å². The number of nitrogens with zero attached hydrogens (tertiary/aromatic N) is 2. The number of aryl methyl sites for hydroxylation is 1. The molecule has 0 saturated heterocycles. The Bertz CT molecular complexity index is 693. The van der Waals surface area contributed by atoms with Crippen LogP contribution in [0.1, 0.15) is 17.7 Å². The molecule has 0 aliphatic heterocycles. The lowest BCUT2D eigenvalue weighted by Gasteiger charge is -2.18. The predicted molar refractivity (Wildman–Crippen MR) is 85.9 cm³/mol. The van der Waals surface area contributed by atoms with Crippen LogP contribution in [0.25, 0.3) is 0 Å². The number of halogens is 1. The lowest BCUT2D eigenvalue weighted by atomic mass is 10.2. The van der Waals surface area contributed by atoms with E-state index in [1.54, 1.807) is 21.9 Å². The number of benzene rings is 1. The second kappa shape index (κ2) is 6.91. The molecule has 0 bridgehead atoms. The van der Waals surface area contributed by atoms with Crippen molar-refractivity contribution in [3.63, 3.8) is 0 Å². The molecule has 4 nitrogen and oxygen atoms in total. The normalized spacial score (nSPS) is 10.6. The monoisotopic (exact) mass is 324 g/mol. The van der Waals surface area contributed by atoms with Crippen molar-refractivity contribution in [3.8, 4) is 0 Å². The zero-order valence-electron chi connectivity index (χ0n) is 12.0. The Labute approximate surface area is 132 Å². The van der Waals surface area contributed by atoms with E-state index in [-0.39, 0.29) is 10.8 Å². The van der Waals surface area contributed by atoms with Gasteiger partial charge < -0.3 is 9.47 Å². The van der Waals surface area contributed by atoms with Gasteiger partial charge in [-0.25, -0.2) is 0 Å². The van der Waals surface area contributed by atoms with Crippen molar-refractivity contribution < 1.29 is 4.79 Å². The first-order chi connectivity index (χ1) is 9.99. The lowest BCUT2D eigenvalue weighted by Crippen LogP contribution is -2.28. The standard InChI is InChI=1S/C15H17ClN2O2S/c1-11-10-21-15(20)18(11)8-7-14(19)17(2)9-12-5-3-4-6-13(12)16/h3-6,10H,7-9H2,1-2H3. The van der Waals surface area contributed by atoms with E-state index >= 15 is 0 Å². The summed E-state index contributed by atoms with van der Waals surface area (Å²) in [4.78, 5) is 25.4. The molecular weight excluding hydrogens is 308 g/mol. The summed E-state index contributed by atoms with van der Waals surface area (Å²) in [5, 5.41) is 2.46. The van der Waals surface area contributed by atoms with Crippen LogP contribution in [0.15, 0.2) is 34.4 Å². The largest absolute Gasteiger partial charge is 0.341 e. The second-order valence-corrected chi connectivity index (χ2v) is 6.11. The quantitative estimate of drug-likeness (QED) is 0.848. The molecule has 1 aromatic carbocycles. The van der Waals surface area contributed by atoms with Crippen LogP contribution in [0.2, 0.25) is 5.02 Å². The van der Waals surface area contributed by atoms with Gasteiger partial charge in [0, 0.05) is 42.7 Å². The van der Waals surface area contributed by atoms with Crippen LogP contribution in [-0.4, -0.2) is 22.4 Å². The first kappa shape index (κ1) is 15.8. The van der Waals surface area contributed by atoms with E-state index in [2.05, 4.69) is 0 Å². The zero-order valence-corrected chi connectivity index (χ0v) is 13.6. The Hall–Kier alpha value is -1.59. The van der Waals surface area contributed by atoms with Crippen LogP contribution in [0.3, 0.4) is 0 Å². The highest BCUT2D eigenvalue weighted by Gasteiger charge is 2.12. The van der Waals surface area contributed by atoms with Gasteiger partial charge in [-0.05, 0) is 18.6 Å². The fourth-order valence-corrected chi connectivity index (χ4v) is 3.00. The molecule has 0 unspecified atom stereocenters. The van der Waals surface area contributed by atoms with E-state index in [1.807, 2.05) is 31.2 Å². The predicted octanol–water partition coefficient (Wildman–Crippen LogP) is 2.92. The number of amides is 1. The maximum Gasteiger partial charge on any atom is 0.307 e. The summed E-state index contributed by atoms with van der Waals surface area (Å²) >= 11 is 7.25. The molecule has 0 fully saturated rings. The van der Waals surface area contributed by atoms with Gasteiger partial charge >= 0.3 is 4.87 Å². The van der Waals surface area contributed by atoms with Gasteiger partial charge in [-0.1, -0.05) is 41.1 Å². The molecule has 112 valence electrons. The van der Waals surface area contributed by atoms with Crippen LogP contribution in [0.4, 0.5) is 0 Å². The molecular formula is C15H17ClN2O2S. The number of aromatic nitrogens is 1. The van der Waals surface area contributed by atoms with Crippen molar-refractivity contribution in [2.24, 2.45) is 0 Å². The lowest BCUT2D eigenvalue weighted by molar-refractivity contribution is -0.130.